The molecule has 27 heavy (non-hydrogen) atoms. The Morgan fingerprint density at radius 2 is 1.89 bits per heavy atom. The van der Waals surface area contributed by atoms with Crippen molar-refractivity contribution in [2.75, 3.05) is 11.9 Å². The quantitative estimate of drug-likeness (QED) is 0.378. The van der Waals surface area contributed by atoms with Crippen LogP contribution in [0.5, 0.6) is 5.75 Å². The Kier molecular flexibility index (Phi) is 5.83. The molecule has 1 heterocycles. The fourth-order valence-corrected chi connectivity index (χ4v) is 3.08. The molecule has 7 heteroatoms. The van der Waals surface area contributed by atoms with Gasteiger partial charge in [-0.25, -0.2) is 4.98 Å². The van der Waals surface area contributed by atoms with Crippen LogP contribution in [0.4, 0.5) is 5.13 Å². The molecule has 0 atom stereocenters. The van der Waals surface area contributed by atoms with Gasteiger partial charge in [0.15, 0.2) is 11.7 Å². The zero-order valence-corrected chi connectivity index (χ0v) is 15.8. The third-order valence-corrected chi connectivity index (χ3v) is 4.65. The molecule has 2 aromatic carbocycles. The van der Waals surface area contributed by atoms with Crippen LogP contribution in [0, 0.1) is 6.92 Å². The van der Waals surface area contributed by atoms with Gasteiger partial charge in [0, 0.05) is 10.9 Å². The topological polar surface area (TPSA) is 83.8 Å². The molecule has 0 aliphatic rings. The molecule has 0 aliphatic heterocycles. The molecule has 0 radical (unpaired) electrons. The number of carbonyl (C=O) groups excluding carboxylic acids is 1. The van der Waals surface area contributed by atoms with Crippen LogP contribution in [0.15, 0.2) is 59.1 Å². The van der Waals surface area contributed by atoms with Gasteiger partial charge in [0.25, 0.3) is 5.91 Å². The largest absolute Gasteiger partial charge is 0.484 e. The number of rotatable bonds is 6. The lowest BCUT2D eigenvalue weighted by molar-refractivity contribution is -0.118. The Balaban J connectivity index is 1.54. The molecule has 1 amide bonds. The average Bonchev–Trinajstić information content (AvgIpc) is 3.15. The molecule has 0 aliphatic carbocycles. The number of carbonyl (C=O) groups is 1. The number of nitrogens with one attached hydrogen (secondary N) is 1. The molecule has 3 aromatic rings. The minimum atomic E-state index is -0.281. The van der Waals surface area contributed by atoms with Gasteiger partial charge in [-0.2, -0.15) is 0 Å². The number of thiazole rings is 1. The van der Waals surface area contributed by atoms with E-state index < -0.39 is 0 Å². The molecule has 0 spiro atoms. The zero-order valence-electron chi connectivity index (χ0n) is 15.0. The van der Waals surface area contributed by atoms with E-state index in [-0.39, 0.29) is 12.5 Å². The predicted molar refractivity (Wildman–Crippen MR) is 107 cm³/mol. The second-order valence-electron chi connectivity index (χ2n) is 5.95. The number of hydrogen-bond donors (Lipinski definition) is 2. The minimum absolute atomic E-state index is 0.119. The Morgan fingerprint density at radius 3 is 2.56 bits per heavy atom. The summed E-state index contributed by atoms with van der Waals surface area (Å²) in [7, 11) is 0. The maximum atomic E-state index is 12.1. The highest BCUT2D eigenvalue weighted by Gasteiger charge is 2.09. The van der Waals surface area contributed by atoms with Crippen LogP contribution < -0.4 is 10.1 Å². The van der Waals surface area contributed by atoms with Gasteiger partial charge in [0.2, 0.25) is 0 Å². The molecule has 6 nitrogen and oxygen atoms in total. The van der Waals surface area contributed by atoms with Crippen molar-refractivity contribution in [3.8, 4) is 17.0 Å². The molecular weight excluding hydrogens is 362 g/mol. The van der Waals surface area contributed by atoms with E-state index in [1.54, 1.807) is 31.2 Å². The first-order chi connectivity index (χ1) is 13.0. The molecule has 0 bridgehead atoms. The number of oxime groups is 1. The summed E-state index contributed by atoms with van der Waals surface area (Å²) < 4.78 is 5.48. The van der Waals surface area contributed by atoms with Gasteiger partial charge < -0.3 is 9.94 Å². The van der Waals surface area contributed by atoms with Gasteiger partial charge in [-0.3, -0.25) is 10.1 Å². The maximum absolute atomic E-state index is 12.1. The summed E-state index contributed by atoms with van der Waals surface area (Å²) in [6, 6.07) is 15.0. The van der Waals surface area contributed by atoms with Crippen molar-refractivity contribution in [2.45, 2.75) is 13.8 Å². The van der Waals surface area contributed by atoms with Crippen LogP contribution in [-0.4, -0.2) is 28.4 Å². The first-order valence-corrected chi connectivity index (χ1v) is 9.17. The molecular formula is C20H19N3O3S. The number of ether oxygens (including phenoxy) is 1. The first kappa shape index (κ1) is 18.6. The van der Waals surface area contributed by atoms with E-state index in [0.717, 1.165) is 16.8 Å². The highest BCUT2D eigenvalue weighted by atomic mass is 32.1. The van der Waals surface area contributed by atoms with Crippen LogP contribution in [0.3, 0.4) is 0 Å². The number of aryl methyl sites for hydroxylation is 1. The van der Waals surface area contributed by atoms with E-state index in [2.05, 4.69) is 15.5 Å². The molecule has 1 aromatic heterocycles. The van der Waals surface area contributed by atoms with Crippen LogP contribution in [0.1, 0.15) is 18.1 Å². The SMILES string of the molecule is C/C(=N\O)c1ccc(OCC(=O)Nc2nc(-c3ccc(C)cc3)cs2)cc1. The number of anilines is 1. The van der Waals surface area contributed by atoms with Gasteiger partial charge in [0.05, 0.1) is 11.4 Å². The van der Waals surface area contributed by atoms with Crippen molar-refractivity contribution < 1.29 is 14.7 Å². The molecule has 0 fully saturated rings. The second kappa shape index (κ2) is 8.46. The van der Waals surface area contributed by atoms with E-state index in [1.165, 1.54) is 16.9 Å². The summed E-state index contributed by atoms with van der Waals surface area (Å²) in [6.07, 6.45) is 0. The van der Waals surface area contributed by atoms with E-state index in [4.69, 9.17) is 9.94 Å². The summed E-state index contributed by atoms with van der Waals surface area (Å²) in [5, 5.41) is 17.1. The average molecular weight is 381 g/mol. The number of amides is 1. The monoisotopic (exact) mass is 381 g/mol. The van der Waals surface area contributed by atoms with Crippen molar-refractivity contribution in [1.82, 2.24) is 4.98 Å². The summed E-state index contributed by atoms with van der Waals surface area (Å²) >= 11 is 1.37. The van der Waals surface area contributed by atoms with E-state index in [1.807, 2.05) is 36.6 Å². The second-order valence-corrected chi connectivity index (χ2v) is 6.81. The van der Waals surface area contributed by atoms with Crippen molar-refractivity contribution in [2.24, 2.45) is 5.16 Å². The van der Waals surface area contributed by atoms with Crippen molar-refractivity contribution >= 4 is 28.1 Å². The van der Waals surface area contributed by atoms with Gasteiger partial charge >= 0.3 is 0 Å². The van der Waals surface area contributed by atoms with Crippen LogP contribution in [0.2, 0.25) is 0 Å². The van der Waals surface area contributed by atoms with Crippen molar-refractivity contribution in [3.05, 3.63) is 65.0 Å². The number of hydrogen-bond acceptors (Lipinski definition) is 6. The van der Waals surface area contributed by atoms with E-state index in [9.17, 15) is 4.79 Å². The van der Waals surface area contributed by atoms with Crippen LogP contribution in [-0.2, 0) is 4.79 Å². The van der Waals surface area contributed by atoms with E-state index >= 15 is 0 Å². The molecule has 0 saturated carbocycles. The van der Waals surface area contributed by atoms with Gasteiger partial charge in [-0.05, 0) is 43.7 Å². The Bertz CT molecular complexity index is 947. The maximum Gasteiger partial charge on any atom is 0.264 e. The number of aromatic nitrogens is 1. The molecule has 0 unspecified atom stereocenters. The fourth-order valence-electron chi connectivity index (χ4n) is 2.34. The Hall–Kier alpha value is -3.19. The van der Waals surface area contributed by atoms with Crippen molar-refractivity contribution in [3.63, 3.8) is 0 Å². The van der Waals surface area contributed by atoms with E-state index in [0.29, 0.717) is 16.6 Å². The van der Waals surface area contributed by atoms with Crippen LogP contribution in [0.25, 0.3) is 11.3 Å². The highest BCUT2D eigenvalue weighted by molar-refractivity contribution is 7.14. The smallest absolute Gasteiger partial charge is 0.264 e. The molecule has 3 rings (SSSR count). The summed E-state index contributed by atoms with van der Waals surface area (Å²) in [5.74, 6) is 0.274. The summed E-state index contributed by atoms with van der Waals surface area (Å²) in [4.78, 5) is 16.5. The molecule has 0 saturated heterocycles. The normalized spacial score (nSPS) is 11.3. The van der Waals surface area contributed by atoms with Gasteiger partial charge in [-0.1, -0.05) is 35.0 Å². The first-order valence-electron chi connectivity index (χ1n) is 8.29. The lowest BCUT2D eigenvalue weighted by Gasteiger charge is -2.06. The summed E-state index contributed by atoms with van der Waals surface area (Å²) in [6.45, 7) is 3.61. The van der Waals surface area contributed by atoms with Gasteiger partial charge in [0.1, 0.15) is 5.75 Å². The highest BCUT2D eigenvalue weighted by Crippen LogP contribution is 2.25. The van der Waals surface area contributed by atoms with Gasteiger partial charge in [-0.15, -0.1) is 11.3 Å². The lowest BCUT2D eigenvalue weighted by Crippen LogP contribution is -2.20. The Labute approximate surface area is 161 Å². The van der Waals surface area contributed by atoms with Crippen molar-refractivity contribution in [1.29, 1.82) is 0 Å². The third kappa shape index (κ3) is 4.92. The third-order valence-electron chi connectivity index (χ3n) is 3.89. The zero-order chi connectivity index (χ0) is 19.2. The number of benzene rings is 2. The predicted octanol–water partition coefficient (Wildman–Crippen LogP) is 4.33. The standard InChI is InChI=1S/C20H19N3O3S/c1-13-3-5-16(6-4-13)18-12-27-20(21-18)22-19(24)11-26-17-9-7-15(8-10-17)14(2)23-25/h3-10,12,25H,11H2,1-2H3,(H,21,22,24)/b23-14+. The lowest BCUT2D eigenvalue weighted by atomic mass is 10.1. The Morgan fingerprint density at radius 1 is 1.19 bits per heavy atom. The van der Waals surface area contributed by atoms with Crippen LogP contribution >= 0.6 is 11.3 Å². The minimum Gasteiger partial charge on any atom is -0.484 e. The molecule has 2 N–H and O–H groups in total. The fraction of sp³-hybridized carbons (Fsp3) is 0.150. The molecule has 138 valence electrons. The number of nitrogens with zero attached hydrogens (tertiary/aromatic N) is 2. The summed E-state index contributed by atoms with van der Waals surface area (Å²) in [5.41, 5.74) is 4.31.